The number of aromatic nitrogens is 1. The number of nitrogens with zero attached hydrogens (tertiary/aromatic N) is 3. The van der Waals surface area contributed by atoms with Crippen molar-refractivity contribution in [3.8, 4) is 0 Å². The van der Waals surface area contributed by atoms with Crippen LogP contribution in [-0.2, 0) is 11.2 Å². The van der Waals surface area contributed by atoms with Gasteiger partial charge in [0, 0.05) is 13.1 Å². The molecule has 1 amide bonds. The summed E-state index contributed by atoms with van der Waals surface area (Å²) in [6.45, 7) is 14.1. The Morgan fingerprint density at radius 2 is 1.79 bits per heavy atom. The zero-order chi connectivity index (χ0) is 21.0. The van der Waals surface area contributed by atoms with Crippen molar-refractivity contribution in [2.75, 3.05) is 31.1 Å². The average molecular weight is 410 g/mol. The maximum atomic E-state index is 13.3. The van der Waals surface area contributed by atoms with Gasteiger partial charge < -0.3 is 4.90 Å². The number of likely N-dealkylation sites (N-methyl/N-ethyl adjacent to an activating group) is 1. The molecule has 0 aliphatic heterocycles. The molecule has 0 aliphatic rings. The van der Waals surface area contributed by atoms with Gasteiger partial charge in [-0.2, -0.15) is 0 Å². The number of anilines is 1. The summed E-state index contributed by atoms with van der Waals surface area (Å²) >= 11 is 1.61. The van der Waals surface area contributed by atoms with Crippen LogP contribution in [0.25, 0.3) is 10.2 Å². The number of aryl methyl sites for hydroxylation is 3. The van der Waals surface area contributed by atoms with Crippen LogP contribution >= 0.6 is 11.3 Å². The van der Waals surface area contributed by atoms with Crippen molar-refractivity contribution in [2.24, 2.45) is 0 Å². The van der Waals surface area contributed by atoms with E-state index in [1.807, 2.05) is 17.0 Å². The molecule has 1 aromatic heterocycles. The van der Waals surface area contributed by atoms with E-state index in [-0.39, 0.29) is 5.91 Å². The number of amides is 1. The lowest BCUT2D eigenvalue weighted by Gasteiger charge is -2.24. The van der Waals surface area contributed by atoms with Gasteiger partial charge in [0.25, 0.3) is 0 Å². The fourth-order valence-electron chi connectivity index (χ4n) is 3.53. The van der Waals surface area contributed by atoms with E-state index in [9.17, 15) is 4.79 Å². The molecule has 0 atom stereocenters. The van der Waals surface area contributed by atoms with Gasteiger partial charge in [0.05, 0.1) is 16.6 Å². The Morgan fingerprint density at radius 1 is 1.03 bits per heavy atom. The lowest BCUT2D eigenvalue weighted by atomic mass is 10.1. The summed E-state index contributed by atoms with van der Waals surface area (Å²) in [6, 6.07) is 12.4. The number of hydrogen-bond donors (Lipinski definition) is 0. The molecule has 5 heteroatoms. The monoisotopic (exact) mass is 409 g/mol. The molecule has 0 N–H and O–H groups in total. The number of fused-ring (bicyclic) bond motifs is 1. The van der Waals surface area contributed by atoms with E-state index >= 15 is 0 Å². The van der Waals surface area contributed by atoms with Gasteiger partial charge >= 0.3 is 0 Å². The topological polar surface area (TPSA) is 36.4 Å². The minimum Gasteiger partial charge on any atom is -0.302 e. The molecular weight excluding hydrogens is 378 g/mol. The molecule has 0 spiro atoms. The first kappa shape index (κ1) is 21.5. The molecule has 3 rings (SSSR count). The summed E-state index contributed by atoms with van der Waals surface area (Å²) in [7, 11) is 0. The molecule has 0 radical (unpaired) electrons. The van der Waals surface area contributed by atoms with Crippen molar-refractivity contribution >= 4 is 32.6 Å². The van der Waals surface area contributed by atoms with Crippen molar-refractivity contribution in [2.45, 2.75) is 41.0 Å². The normalized spacial score (nSPS) is 11.4. The fourth-order valence-corrected chi connectivity index (χ4v) is 4.60. The highest BCUT2D eigenvalue weighted by molar-refractivity contribution is 7.22. The third kappa shape index (κ3) is 5.03. The smallest absolute Gasteiger partial charge is 0.233 e. The molecule has 0 aliphatic carbocycles. The van der Waals surface area contributed by atoms with Gasteiger partial charge in [-0.05, 0) is 56.6 Å². The second-order valence-electron chi connectivity index (χ2n) is 7.59. The average Bonchev–Trinajstić information content (AvgIpc) is 3.13. The minimum absolute atomic E-state index is 0.108. The van der Waals surface area contributed by atoms with Crippen LogP contribution in [0, 0.1) is 20.8 Å². The summed E-state index contributed by atoms with van der Waals surface area (Å²) in [6.07, 6.45) is 0.397. The summed E-state index contributed by atoms with van der Waals surface area (Å²) in [4.78, 5) is 22.4. The number of carbonyl (C=O) groups is 1. The predicted molar refractivity (Wildman–Crippen MR) is 124 cm³/mol. The van der Waals surface area contributed by atoms with Gasteiger partial charge in [-0.15, -0.1) is 0 Å². The maximum Gasteiger partial charge on any atom is 0.233 e. The second kappa shape index (κ2) is 9.51. The Bertz CT molecular complexity index is 991. The van der Waals surface area contributed by atoms with E-state index in [0.717, 1.165) is 40.5 Å². The van der Waals surface area contributed by atoms with Crippen LogP contribution in [0.5, 0.6) is 0 Å². The van der Waals surface area contributed by atoms with Gasteiger partial charge in [-0.25, -0.2) is 4.98 Å². The first-order chi connectivity index (χ1) is 13.9. The quantitative estimate of drug-likeness (QED) is 0.517. The SMILES string of the molecule is CCN(CC)CCN(C(=O)Cc1cccc(C)c1)c1nc2c(C)c(C)ccc2s1. The highest BCUT2D eigenvalue weighted by Crippen LogP contribution is 2.32. The first-order valence-corrected chi connectivity index (χ1v) is 11.2. The Labute approximate surface area is 178 Å². The second-order valence-corrected chi connectivity index (χ2v) is 8.60. The third-order valence-electron chi connectivity index (χ3n) is 5.58. The number of hydrogen-bond acceptors (Lipinski definition) is 4. The molecule has 154 valence electrons. The van der Waals surface area contributed by atoms with Crippen molar-refractivity contribution in [1.29, 1.82) is 0 Å². The van der Waals surface area contributed by atoms with E-state index in [2.05, 4.69) is 63.8 Å². The third-order valence-corrected chi connectivity index (χ3v) is 6.62. The highest BCUT2D eigenvalue weighted by Gasteiger charge is 2.21. The van der Waals surface area contributed by atoms with Gasteiger partial charge in [0.2, 0.25) is 5.91 Å². The molecule has 0 saturated heterocycles. The molecule has 0 bridgehead atoms. The van der Waals surface area contributed by atoms with E-state index in [1.165, 1.54) is 16.7 Å². The van der Waals surface area contributed by atoms with Crippen LogP contribution in [0.2, 0.25) is 0 Å². The van der Waals surface area contributed by atoms with Crippen LogP contribution in [0.3, 0.4) is 0 Å². The molecule has 29 heavy (non-hydrogen) atoms. The minimum atomic E-state index is 0.108. The summed E-state index contributed by atoms with van der Waals surface area (Å²) in [5.74, 6) is 0.108. The molecule has 4 nitrogen and oxygen atoms in total. The Kier molecular flexibility index (Phi) is 7.04. The van der Waals surface area contributed by atoms with Crippen LogP contribution in [-0.4, -0.2) is 42.0 Å². The Hall–Kier alpha value is -2.24. The molecule has 0 saturated carbocycles. The van der Waals surface area contributed by atoms with E-state index < -0.39 is 0 Å². The van der Waals surface area contributed by atoms with Crippen LogP contribution in [0.15, 0.2) is 36.4 Å². The zero-order valence-corrected chi connectivity index (χ0v) is 19.0. The summed E-state index contributed by atoms with van der Waals surface area (Å²) in [5.41, 5.74) is 5.67. The molecule has 0 unspecified atom stereocenters. The van der Waals surface area contributed by atoms with Crippen molar-refractivity contribution in [1.82, 2.24) is 9.88 Å². The number of benzene rings is 2. The highest BCUT2D eigenvalue weighted by atomic mass is 32.1. The van der Waals surface area contributed by atoms with E-state index in [4.69, 9.17) is 4.98 Å². The van der Waals surface area contributed by atoms with E-state index in [1.54, 1.807) is 11.3 Å². The van der Waals surface area contributed by atoms with Gasteiger partial charge in [0.15, 0.2) is 5.13 Å². The van der Waals surface area contributed by atoms with Gasteiger partial charge in [-0.1, -0.05) is 61.1 Å². The Balaban J connectivity index is 1.91. The first-order valence-electron chi connectivity index (χ1n) is 10.4. The van der Waals surface area contributed by atoms with Crippen molar-refractivity contribution < 1.29 is 4.79 Å². The molecule has 0 fully saturated rings. The lowest BCUT2D eigenvalue weighted by Crippen LogP contribution is -2.39. The van der Waals surface area contributed by atoms with Gasteiger partial charge in [-0.3, -0.25) is 9.69 Å². The fraction of sp³-hybridized carbons (Fsp3) is 0.417. The largest absolute Gasteiger partial charge is 0.302 e. The summed E-state index contributed by atoms with van der Waals surface area (Å²) < 4.78 is 1.14. The Morgan fingerprint density at radius 3 is 2.48 bits per heavy atom. The molecule has 1 heterocycles. The van der Waals surface area contributed by atoms with Crippen LogP contribution in [0.1, 0.15) is 36.1 Å². The molecule has 2 aromatic carbocycles. The van der Waals surface area contributed by atoms with Crippen LogP contribution < -0.4 is 4.90 Å². The summed E-state index contributed by atoms with van der Waals surface area (Å²) in [5, 5.41) is 0.804. The predicted octanol–water partition coefficient (Wildman–Crippen LogP) is 5.14. The van der Waals surface area contributed by atoms with E-state index in [0.29, 0.717) is 13.0 Å². The number of rotatable bonds is 8. The molecule has 3 aromatic rings. The van der Waals surface area contributed by atoms with Gasteiger partial charge in [0.1, 0.15) is 0 Å². The lowest BCUT2D eigenvalue weighted by molar-refractivity contribution is -0.118. The molecular formula is C24H31N3OS. The maximum absolute atomic E-state index is 13.3. The van der Waals surface area contributed by atoms with Crippen LogP contribution in [0.4, 0.5) is 5.13 Å². The van der Waals surface area contributed by atoms with Crippen molar-refractivity contribution in [3.05, 3.63) is 58.7 Å². The number of carbonyl (C=O) groups excluding carboxylic acids is 1. The van der Waals surface area contributed by atoms with Crippen molar-refractivity contribution in [3.63, 3.8) is 0 Å². The zero-order valence-electron chi connectivity index (χ0n) is 18.2. The number of thiazole rings is 1. The standard InChI is InChI=1S/C24H31N3OS/c1-6-26(7-2)13-14-27(22(28)16-20-10-8-9-17(3)15-20)24-25-23-19(5)18(4)11-12-21(23)29-24/h8-12,15H,6-7,13-14,16H2,1-5H3.